The lowest BCUT2D eigenvalue weighted by molar-refractivity contribution is -0.124. The Morgan fingerprint density at radius 3 is 2.70 bits per heavy atom. The Morgan fingerprint density at radius 1 is 1.15 bits per heavy atom. The van der Waals surface area contributed by atoms with Gasteiger partial charge in [0.15, 0.2) is 5.16 Å². The second-order valence-corrected chi connectivity index (χ2v) is 6.68. The van der Waals surface area contributed by atoms with Crippen LogP contribution >= 0.6 is 11.8 Å². The minimum absolute atomic E-state index is 0.0925. The van der Waals surface area contributed by atoms with E-state index >= 15 is 0 Å². The molecule has 0 aliphatic carbocycles. The number of benzene rings is 1. The van der Waals surface area contributed by atoms with Gasteiger partial charge in [0.05, 0.1) is 25.1 Å². The maximum Gasteiger partial charge on any atom is 0.239 e. The molecule has 0 aliphatic rings. The number of furan rings is 1. The summed E-state index contributed by atoms with van der Waals surface area (Å²) in [7, 11) is 0. The zero-order valence-corrected chi connectivity index (χ0v) is 15.5. The number of carbonyl (C=O) groups excluding carboxylic acids is 2. The first-order chi connectivity index (χ1) is 13.1. The third-order valence-corrected chi connectivity index (χ3v) is 4.59. The number of hydrogen-bond acceptors (Lipinski definition) is 6. The molecule has 2 amide bonds. The minimum Gasteiger partial charge on any atom is -0.467 e. The zero-order chi connectivity index (χ0) is 19.1. The van der Waals surface area contributed by atoms with Gasteiger partial charge >= 0.3 is 0 Å². The lowest BCUT2D eigenvalue weighted by atomic mass is 10.2. The summed E-state index contributed by atoms with van der Waals surface area (Å²) in [4.78, 5) is 23.7. The Bertz CT molecular complexity index is 890. The van der Waals surface area contributed by atoms with Crippen LogP contribution in [-0.4, -0.2) is 38.9 Å². The molecule has 0 spiro atoms. The van der Waals surface area contributed by atoms with Crippen LogP contribution in [0.5, 0.6) is 0 Å². The molecule has 27 heavy (non-hydrogen) atoms. The van der Waals surface area contributed by atoms with E-state index in [1.165, 1.54) is 18.0 Å². The molecule has 0 atom stereocenters. The Kier molecular flexibility index (Phi) is 6.26. The molecule has 1 aromatic carbocycles. The Balaban J connectivity index is 1.44. The fraction of sp³-hybridized carbons (Fsp3) is 0.222. The maximum atomic E-state index is 12.0. The van der Waals surface area contributed by atoms with E-state index in [0.717, 1.165) is 11.3 Å². The van der Waals surface area contributed by atoms with E-state index < -0.39 is 0 Å². The molecule has 3 rings (SSSR count). The van der Waals surface area contributed by atoms with Crippen LogP contribution in [0.25, 0.3) is 5.69 Å². The van der Waals surface area contributed by atoms with Crippen LogP contribution < -0.4 is 10.6 Å². The van der Waals surface area contributed by atoms with Gasteiger partial charge in [-0.25, -0.2) is 0 Å². The summed E-state index contributed by atoms with van der Waals surface area (Å²) in [5, 5.41) is 13.8. The molecule has 140 valence electrons. The summed E-state index contributed by atoms with van der Waals surface area (Å²) in [5.41, 5.74) is 2.08. The second-order valence-electron chi connectivity index (χ2n) is 5.74. The quantitative estimate of drug-likeness (QED) is 0.572. The molecule has 0 saturated carbocycles. The van der Waals surface area contributed by atoms with Crippen molar-refractivity contribution < 1.29 is 14.0 Å². The van der Waals surface area contributed by atoms with Crippen molar-refractivity contribution in [3.8, 4) is 5.69 Å². The van der Waals surface area contributed by atoms with Crippen molar-refractivity contribution in [2.45, 2.75) is 18.6 Å². The van der Waals surface area contributed by atoms with E-state index in [1.54, 1.807) is 18.5 Å². The number of nitrogens with zero attached hydrogens (tertiary/aromatic N) is 3. The molecule has 0 bridgehead atoms. The largest absolute Gasteiger partial charge is 0.467 e. The van der Waals surface area contributed by atoms with Gasteiger partial charge in [0.25, 0.3) is 0 Å². The van der Waals surface area contributed by atoms with E-state index in [1.807, 2.05) is 35.8 Å². The molecule has 0 unspecified atom stereocenters. The molecule has 0 radical (unpaired) electrons. The second kappa shape index (κ2) is 9.04. The van der Waals surface area contributed by atoms with Crippen molar-refractivity contribution in [1.82, 2.24) is 25.4 Å². The van der Waals surface area contributed by atoms with Crippen LogP contribution in [0.15, 0.2) is 58.6 Å². The van der Waals surface area contributed by atoms with E-state index in [0.29, 0.717) is 10.9 Å². The average molecular weight is 385 g/mol. The highest BCUT2D eigenvalue weighted by Gasteiger charge is 2.11. The highest BCUT2D eigenvalue weighted by Crippen LogP contribution is 2.19. The SMILES string of the molecule is Cc1ccc(-n2cnnc2SCC(=O)NCC(=O)NCc2ccco2)cc1. The van der Waals surface area contributed by atoms with Gasteiger partial charge in [0, 0.05) is 5.69 Å². The van der Waals surface area contributed by atoms with Crippen LogP contribution in [0.4, 0.5) is 0 Å². The third kappa shape index (κ3) is 5.45. The number of rotatable bonds is 8. The summed E-state index contributed by atoms with van der Waals surface area (Å²) in [6, 6.07) is 11.4. The molecular weight excluding hydrogens is 366 g/mol. The fourth-order valence-corrected chi connectivity index (χ4v) is 2.99. The van der Waals surface area contributed by atoms with Gasteiger partial charge in [0.2, 0.25) is 11.8 Å². The van der Waals surface area contributed by atoms with Crippen molar-refractivity contribution in [2.75, 3.05) is 12.3 Å². The van der Waals surface area contributed by atoms with Crippen LogP contribution in [0, 0.1) is 6.92 Å². The standard InChI is InChI=1S/C18H19N5O3S/c1-13-4-6-14(7-5-13)23-12-21-22-18(23)27-11-17(25)20-10-16(24)19-9-15-3-2-8-26-15/h2-8,12H,9-11H2,1H3,(H,19,24)(H,20,25). The summed E-state index contributed by atoms with van der Waals surface area (Å²) in [6.07, 6.45) is 3.14. The molecule has 8 nitrogen and oxygen atoms in total. The van der Waals surface area contributed by atoms with E-state index in [2.05, 4.69) is 20.8 Å². The number of hydrogen-bond donors (Lipinski definition) is 2. The lowest BCUT2D eigenvalue weighted by Crippen LogP contribution is -2.37. The van der Waals surface area contributed by atoms with Gasteiger partial charge in [-0.3, -0.25) is 14.2 Å². The first-order valence-corrected chi connectivity index (χ1v) is 9.26. The molecule has 9 heteroatoms. The van der Waals surface area contributed by atoms with E-state index in [9.17, 15) is 9.59 Å². The van der Waals surface area contributed by atoms with Crippen molar-refractivity contribution in [3.63, 3.8) is 0 Å². The van der Waals surface area contributed by atoms with Crippen LogP contribution in [-0.2, 0) is 16.1 Å². The summed E-state index contributed by atoms with van der Waals surface area (Å²) >= 11 is 1.25. The normalized spacial score (nSPS) is 10.6. The van der Waals surface area contributed by atoms with E-state index in [-0.39, 0.29) is 30.7 Å². The summed E-state index contributed by atoms with van der Waals surface area (Å²) in [6.45, 7) is 2.21. The molecule has 2 aromatic heterocycles. The van der Waals surface area contributed by atoms with Crippen molar-refractivity contribution >= 4 is 23.6 Å². The number of amides is 2. The van der Waals surface area contributed by atoms with Gasteiger partial charge in [-0.2, -0.15) is 0 Å². The molecular formula is C18H19N5O3S. The Labute approximate surface area is 160 Å². The number of carbonyl (C=O) groups is 2. The van der Waals surface area contributed by atoms with Crippen molar-refractivity contribution in [3.05, 3.63) is 60.3 Å². The van der Waals surface area contributed by atoms with Gasteiger partial charge in [-0.1, -0.05) is 29.5 Å². The predicted molar refractivity (Wildman–Crippen MR) is 100 cm³/mol. The first kappa shape index (κ1) is 18.7. The van der Waals surface area contributed by atoms with Crippen molar-refractivity contribution in [1.29, 1.82) is 0 Å². The van der Waals surface area contributed by atoms with Crippen LogP contribution in [0.3, 0.4) is 0 Å². The minimum atomic E-state index is -0.285. The predicted octanol–water partition coefficient (Wildman–Crippen LogP) is 1.69. The summed E-state index contributed by atoms with van der Waals surface area (Å²) in [5.74, 6) is 0.246. The van der Waals surface area contributed by atoms with Gasteiger partial charge in [0.1, 0.15) is 12.1 Å². The van der Waals surface area contributed by atoms with E-state index in [4.69, 9.17) is 4.42 Å². The number of aromatic nitrogens is 3. The van der Waals surface area contributed by atoms with Crippen LogP contribution in [0.2, 0.25) is 0 Å². The molecule has 0 aliphatic heterocycles. The number of thioether (sulfide) groups is 1. The summed E-state index contributed by atoms with van der Waals surface area (Å²) < 4.78 is 6.94. The molecule has 0 saturated heterocycles. The smallest absolute Gasteiger partial charge is 0.239 e. The monoisotopic (exact) mass is 385 g/mol. The molecule has 2 N–H and O–H groups in total. The average Bonchev–Trinajstić information content (AvgIpc) is 3.35. The molecule has 0 fully saturated rings. The van der Waals surface area contributed by atoms with Gasteiger partial charge in [-0.15, -0.1) is 10.2 Å². The lowest BCUT2D eigenvalue weighted by Gasteiger charge is -2.07. The molecule has 3 aromatic rings. The fourth-order valence-electron chi connectivity index (χ4n) is 2.23. The number of nitrogens with one attached hydrogen (secondary N) is 2. The topological polar surface area (TPSA) is 102 Å². The zero-order valence-electron chi connectivity index (χ0n) is 14.7. The third-order valence-electron chi connectivity index (χ3n) is 3.65. The van der Waals surface area contributed by atoms with Crippen molar-refractivity contribution in [2.24, 2.45) is 0 Å². The number of aryl methyl sites for hydroxylation is 1. The van der Waals surface area contributed by atoms with Crippen LogP contribution in [0.1, 0.15) is 11.3 Å². The maximum absolute atomic E-state index is 12.0. The Morgan fingerprint density at radius 2 is 1.96 bits per heavy atom. The first-order valence-electron chi connectivity index (χ1n) is 8.27. The highest BCUT2D eigenvalue weighted by molar-refractivity contribution is 7.99. The van der Waals surface area contributed by atoms with Gasteiger partial charge in [-0.05, 0) is 31.2 Å². The highest BCUT2D eigenvalue weighted by atomic mass is 32.2. The Hall–Kier alpha value is -3.07. The van der Waals surface area contributed by atoms with Gasteiger partial charge < -0.3 is 15.1 Å². The molecule has 2 heterocycles.